The van der Waals surface area contributed by atoms with Gasteiger partial charge < -0.3 is 16.0 Å². The minimum Gasteiger partial charge on any atom is -0.397 e. The van der Waals surface area contributed by atoms with Gasteiger partial charge in [0.25, 0.3) is 0 Å². The van der Waals surface area contributed by atoms with Crippen molar-refractivity contribution in [2.24, 2.45) is 0 Å². The Morgan fingerprint density at radius 2 is 2.20 bits per heavy atom. The summed E-state index contributed by atoms with van der Waals surface area (Å²) < 4.78 is 0. The molecule has 3 heteroatoms. The third-order valence-electron chi connectivity index (χ3n) is 2.94. The number of nitrogens with two attached hydrogens (primary N) is 1. The first kappa shape index (κ1) is 10.3. The molecule has 1 saturated heterocycles. The fourth-order valence-corrected chi connectivity index (χ4v) is 2.13. The van der Waals surface area contributed by atoms with Gasteiger partial charge in [0.05, 0.1) is 11.4 Å². The lowest BCUT2D eigenvalue weighted by Gasteiger charge is -2.31. The normalized spacial score (nSPS) is 22.6. The minimum atomic E-state index is 0.536. The lowest BCUT2D eigenvalue weighted by atomic mass is 10.1. The fraction of sp³-hybridized carbons (Fsp3) is 0.500. The summed E-state index contributed by atoms with van der Waals surface area (Å²) in [7, 11) is 2.17. The second-order valence-corrected chi connectivity index (χ2v) is 4.33. The topological polar surface area (TPSA) is 41.3 Å². The van der Waals surface area contributed by atoms with Crippen molar-refractivity contribution in [1.29, 1.82) is 0 Å². The monoisotopic (exact) mass is 205 g/mol. The molecule has 1 aromatic carbocycles. The van der Waals surface area contributed by atoms with Gasteiger partial charge >= 0.3 is 0 Å². The Hall–Kier alpha value is -1.22. The van der Waals surface area contributed by atoms with E-state index in [0.29, 0.717) is 6.04 Å². The predicted octanol–water partition coefficient (Wildman–Crippen LogP) is 1.77. The highest BCUT2D eigenvalue weighted by atomic mass is 15.1. The number of likely N-dealkylation sites (N-methyl/N-ethyl adjacent to an activating group) is 1. The number of hydrogen-bond acceptors (Lipinski definition) is 3. The van der Waals surface area contributed by atoms with Gasteiger partial charge in [0.2, 0.25) is 0 Å². The second-order valence-electron chi connectivity index (χ2n) is 4.33. The Bertz CT molecular complexity index is 324. The Morgan fingerprint density at radius 1 is 1.40 bits per heavy atom. The number of likely N-dealkylation sites (tertiary alicyclic amines) is 1. The van der Waals surface area contributed by atoms with E-state index in [1.54, 1.807) is 0 Å². The number of nitrogens with one attached hydrogen (secondary N) is 1. The molecule has 82 valence electrons. The molecule has 1 aliphatic heterocycles. The van der Waals surface area contributed by atoms with Crippen LogP contribution in [0.25, 0.3) is 0 Å². The molecule has 2 rings (SSSR count). The maximum atomic E-state index is 5.90. The standard InChI is InChI=1S/C12H19N3/c1-15-8-4-5-10(9-15)14-12-7-3-2-6-11(12)13/h2-3,6-7,10,14H,4-5,8-9,13H2,1H3. The molecule has 1 aromatic rings. The molecule has 3 nitrogen and oxygen atoms in total. The Morgan fingerprint density at radius 3 is 2.93 bits per heavy atom. The molecule has 0 bridgehead atoms. The van der Waals surface area contributed by atoms with E-state index >= 15 is 0 Å². The van der Waals surface area contributed by atoms with Gasteiger partial charge in [-0.05, 0) is 38.6 Å². The number of benzene rings is 1. The number of rotatable bonds is 2. The molecule has 1 aliphatic rings. The highest BCUT2D eigenvalue weighted by Gasteiger charge is 2.16. The largest absolute Gasteiger partial charge is 0.397 e. The SMILES string of the molecule is CN1CCCC(Nc2ccccc2N)C1. The average molecular weight is 205 g/mol. The summed E-state index contributed by atoms with van der Waals surface area (Å²) in [5, 5.41) is 3.51. The maximum absolute atomic E-state index is 5.90. The molecule has 0 saturated carbocycles. The van der Waals surface area contributed by atoms with Crippen molar-refractivity contribution in [2.45, 2.75) is 18.9 Å². The van der Waals surface area contributed by atoms with Crippen LogP contribution in [0.4, 0.5) is 11.4 Å². The summed E-state index contributed by atoms with van der Waals surface area (Å²) in [5.41, 5.74) is 7.80. The Labute approximate surface area is 91.3 Å². The van der Waals surface area contributed by atoms with Crippen molar-refractivity contribution < 1.29 is 0 Å². The van der Waals surface area contributed by atoms with Crippen LogP contribution in [0.1, 0.15) is 12.8 Å². The smallest absolute Gasteiger partial charge is 0.0576 e. The van der Waals surface area contributed by atoms with Crippen molar-refractivity contribution in [2.75, 3.05) is 31.2 Å². The molecule has 1 atom stereocenters. The van der Waals surface area contributed by atoms with E-state index in [2.05, 4.69) is 17.3 Å². The zero-order valence-corrected chi connectivity index (χ0v) is 9.24. The van der Waals surface area contributed by atoms with Gasteiger partial charge in [-0.1, -0.05) is 12.1 Å². The number of nitrogens with zero attached hydrogens (tertiary/aromatic N) is 1. The number of piperidine rings is 1. The zero-order valence-electron chi connectivity index (χ0n) is 9.24. The Balaban J connectivity index is 1.99. The summed E-state index contributed by atoms with van der Waals surface area (Å²) in [6.45, 7) is 2.32. The van der Waals surface area contributed by atoms with Crippen molar-refractivity contribution in [3.05, 3.63) is 24.3 Å². The first-order valence-corrected chi connectivity index (χ1v) is 5.55. The summed E-state index contributed by atoms with van der Waals surface area (Å²) in [5.74, 6) is 0. The van der Waals surface area contributed by atoms with Gasteiger partial charge in [0.15, 0.2) is 0 Å². The molecule has 0 radical (unpaired) electrons. The van der Waals surface area contributed by atoms with Gasteiger partial charge in [0, 0.05) is 12.6 Å². The van der Waals surface area contributed by atoms with E-state index in [0.717, 1.165) is 17.9 Å². The molecule has 1 fully saturated rings. The van der Waals surface area contributed by atoms with Gasteiger partial charge in [-0.3, -0.25) is 0 Å². The van der Waals surface area contributed by atoms with Crippen molar-refractivity contribution >= 4 is 11.4 Å². The Kier molecular flexibility index (Phi) is 3.11. The number of anilines is 2. The third kappa shape index (κ3) is 2.63. The van der Waals surface area contributed by atoms with Gasteiger partial charge in [-0.2, -0.15) is 0 Å². The van der Waals surface area contributed by atoms with Crippen LogP contribution in [-0.4, -0.2) is 31.1 Å². The van der Waals surface area contributed by atoms with Crippen LogP contribution in [0.2, 0.25) is 0 Å². The van der Waals surface area contributed by atoms with Crippen molar-refractivity contribution in [3.8, 4) is 0 Å². The molecule has 1 unspecified atom stereocenters. The van der Waals surface area contributed by atoms with Crippen LogP contribution in [0, 0.1) is 0 Å². The average Bonchev–Trinajstić information content (AvgIpc) is 2.22. The molecule has 1 heterocycles. The summed E-state index contributed by atoms with van der Waals surface area (Å²) >= 11 is 0. The van der Waals surface area contributed by atoms with Gasteiger partial charge in [-0.15, -0.1) is 0 Å². The summed E-state index contributed by atoms with van der Waals surface area (Å²) in [6.07, 6.45) is 2.50. The van der Waals surface area contributed by atoms with E-state index in [9.17, 15) is 0 Å². The van der Waals surface area contributed by atoms with Crippen LogP contribution in [0.15, 0.2) is 24.3 Å². The number of para-hydroxylation sites is 2. The minimum absolute atomic E-state index is 0.536. The zero-order chi connectivity index (χ0) is 10.7. The molecule has 3 N–H and O–H groups in total. The highest BCUT2D eigenvalue weighted by Crippen LogP contribution is 2.20. The van der Waals surface area contributed by atoms with E-state index in [1.165, 1.54) is 19.4 Å². The highest BCUT2D eigenvalue weighted by molar-refractivity contribution is 5.66. The third-order valence-corrected chi connectivity index (χ3v) is 2.94. The predicted molar refractivity (Wildman–Crippen MR) is 65.0 cm³/mol. The second kappa shape index (κ2) is 4.53. The lowest BCUT2D eigenvalue weighted by molar-refractivity contribution is 0.261. The van der Waals surface area contributed by atoms with Crippen LogP contribution >= 0.6 is 0 Å². The van der Waals surface area contributed by atoms with Crippen molar-refractivity contribution in [1.82, 2.24) is 4.90 Å². The molecule has 0 aromatic heterocycles. The lowest BCUT2D eigenvalue weighted by Crippen LogP contribution is -2.39. The van der Waals surface area contributed by atoms with Gasteiger partial charge in [-0.25, -0.2) is 0 Å². The van der Waals surface area contributed by atoms with Crippen molar-refractivity contribution in [3.63, 3.8) is 0 Å². The summed E-state index contributed by atoms with van der Waals surface area (Å²) in [6, 6.07) is 8.51. The quantitative estimate of drug-likeness (QED) is 0.723. The van der Waals surface area contributed by atoms with Crippen LogP contribution in [0.5, 0.6) is 0 Å². The molecule has 15 heavy (non-hydrogen) atoms. The number of hydrogen-bond donors (Lipinski definition) is 2. The van der Waals surface area contributed by atoms with Crippen LogP contribution < -0.4 is 11.1 Å². The molecular weight excluding hydrogens is 186 g/mol. The van der Waals surface area contributed by atoms with E-state index in [-0.39, 0.29) is 0 Å². The van der Waals surface area contributed by atoms with E-state index < -0.39 is 0 Å². The van der Waals surface area contributed by atoms with Crippen LogP contribution in [-0.2, 0) is 0 Å². The fourth-order valence-electron chi connectivity index (χ4n) is 2.13. The first-order chi connectivity index (χ1) is 7.25. The molecule has 0 amide bonds. The molecule has 0 aliphatic carbocycles. The summed E-state index contributed by atoms with van der Waals surface area (Å²) in [4.78, 5) is 2.36. The van der Waals surface area contributed by atoms with Crippen LogP contribution in [0.3, 0.4) is 0 Å². The first-order valence-electron chi connectivity index (χ1n) is 5.55. The maximum Gasteiger partial charge on any atom is 0.0576 e. The van der Waals surface area contributed by atoms with Gasteiger partial charge in [0.1, 0.15) is 0 Å². The molecule has 0 spiro atoms. The number of nitrogen functional groups attached to an aromatic ring is 1. The van der Waals surface area contributed by atoms with E-state index in [4.69, 9.17) is 5.73 Å². The van der Waals surface area contributed by atoms with E-state index in [1.807, 2.05) is 24.3 Å². The molecular formula is C12H19N3.